The molecule has 3 N–H and O–H groups in total. The summed E-state index contributed by atoms with van der Waals surface area (Å²) in [6.07, 6.45) is 1.90. The summed E-state index contributed by atoms with van der Waals surface area (Å²) in [5, 5.41) is 16.5. The molecule has 1 aliphatic heterocycles. The lowest BCUT2D eigenvalue weighted by Crippen LogP contribution is -2.32. The zero-order chi connectivity index (χ0) is 27.5. The average Bonchev–Trinajstić information content (AvgIpc) is 3.54. The highest BCUT2D eigenvalue weighted by atomic mass is 35.5. The van der Waals surface area contributed by atoms with Gasteiger partial charge in [0.05, 0.1) is 22.3 Å². The monoisotopic (exact) mass is 560 g/mol. The smallest absolute Gasteiger partial charge is 0.335 e. The zero-order valence-electron chi connectivity index (χ0n) is 20.9. The predicted octanol–water partition coefficient (Wildman–Crippen LogP) is 6.00. The molecule has 5 rings (SSSR count). The maximum atomic E-state index is 12.8. The molecule has 1 saturated heterocycles. The number of thiocarbonyl (C=S) groups is 1. The number of aromatic carboxylic acids is 1. The van der Waals surface area contributed by atoms with Crippen LogP contribution in [0.2, 0.25) is 5.02 Å². The van der Waals surface area contributed by atoms with Crippen LogP contribution in [0, 0.1) is 6.92 Å². The van der Waals surface area contributed by atoms with Crippen molar-refractivity contribution in [1.29, 1.82) is 0 Å². The van der Waals surface area contributed by atoms with Crippen molar-refractivity contribution >= 4 is 46.5 Å². The van der Waals surface area contributed by atoms with E-state index in [9.17, 15) is 14.7 Å². The number of furan rings is 1. The van der Waals surface area contributed by atoms with Crippen molar-refractivity contribution in [3.8, 4) is 11.3 Å². The van der Waals surface area contributed by atoms with Crippen LogP contribution >= 0.6 is 23.8 Å². The number of amides is 1. The summed E-state index contributed by atoms with van der Waals surface area (Å²) >= 11 is 12.1. The number of rotatable bonds is 8. The maximum absolute atomic E-state index is 12.8. The number of carboxylic acids is 1. The van der Waals surface area contributed by atoms with Crippen LogP contribution in [0.3, 0.4) is 0 Å². The van der Waals surface area contributed by atoms with E-state index < -0.39 is 12.0 Å². The van der Waals surface area contributed by atoms with Crippen molar-refractivity contribution in [3.05, 3.63) is 107 Å². The Morgan fingerprint density at radius 1 is 1.13 bits per heavy atom. The first-order valence-corrected chi connectivity index (χ1v) is 13.1. The predicted molar refractivity (Wildman–Crippen MR) is 153 cm³/mol. The summed E-state index contributed by atoms with van der Waals surface area (Å²) in [6.45, 7) is 2.32. The van der Waals surface area contributed by atoms with E-state index in [1.165, 1.54) is 18.2 Å². The van der Waals surface area contributed by atoms with Gasteiger partial charge >= 0.3 is 5.97 Å². The third-order valence-corrected chi connectivity index (χ3v) is 7.19. The average molecular weight is 561 g/mol. The van der Waals surface area contributed by atoms with Crippen LogP contribution in [0.5, 0.6) is 0 Å². The molecule has 1 fully saturated rings. The molecule has 0 radical (unpaired) electrons. The van der Waals surface area contributed by atoms with Crippen molar-refractivity contribution in [3.63, 3.8) is 0 Å². The van der Waals surface area contributed by atoms with Crippen LogP contribution in [-0.4, -0.2) is 38.5 Å². The number of aryl methyl sites for hydroxylation is 1. The standard InChI is InChI=1S/C29H25ClN4O4S/c1-17-5-8-19(9-6-17)32-25(35)13-15-34-27(26(33-29(34)39)22-4-2-3-14-31-22)24-12-11-23(38-24)20-16-18(28(36)37)7-10-21(20)30/h2-12,14,16,26-27H,13,15H2,1H3,(H,32,35)(H,33,39)(H,36,37)/t26-,27+/m0/s1. The number of carbonyl (C=O) groups excluding carboxylic acids is 1. The van der Waals surface area contributed by atoms with Crippen molar-refractivity contribution < 1.29 is 19.1 Å². The summed E-state index contributed by atoms with van der Waals surface area (Å²) in [5.74, 6) is -0.203. The molecule has 2 aromatic heterocycles. The Bertz CT molecular complexity index is 1520. The van der Waals surface area contributed by atoms with Gasteiger partial charge in [0.1, 0.15) is 17.6 Å². The lowest BCUT2D eigenvalue weighted by atomic mass is 10.0. The van der Waals surface area contributed by atoms with Crippen molar-refractivity contribution in [2.75, 3.05) is 11.9 Å². The summed E-state index contributed by atoms with van der Waals surface area (Å²) in [7, 11) is 0. The molecule has 3 heterocycles. The number of anilines is 1. The van der Waals surface area contributed by atoms with Crippen LogP contribution < -0.4 is 10.6 Å². The van der Waals surface area contributed by atoms with Crippen molar-refractivity contribution in [2.45, 2.75) is 25.4 Å². The minimum atomic E-state index is -1.06. The number of nitrogens with zero attached hydrogens (tertiary/aromatic N) is 2. The number of hydrogen-bond acceptors (Lipinski definition) is 5. The number of aromatic nitrogens is 1. The third-order valence-electron chi connectivity index (χ3n) is 6.51. The molecular weight excluding hydrogens is 536 g/mol. The molecule has 0 saturated carbocycles. The number of benzene rings is 2. The third kappa shape index (κ3) is 5.79. The minimum Gasteiger partial charge on any atom is -0.478 e. The number of carboxylic acid groups (broad SMARTS) is 1. The van der Waals surface area contributed by atoms with E-state index in [-0.39, 0.29) is 23.9 Å². The lowest BCUT2D eigenvalue weighted by molar-refractivity contribution is -0.116. The lowest BCUT2D eigenvalue weighted by Gasteiger charge is -2.25. The number of halogens is 1. The first kappa shape index (κ1) is 26.4. The Balaban J connectivity index is 1.42. The second-order valence-corrected chi connectivity index (χ2v) is 9.98. The van der Waals surface area contributed by atoms with Gasteiger partial charge in [-0.15, -0.1) is 0 Å². The van der Waals surface area contributed by atoms with E-state index in [0.29, 0.717) is 33.8 Å². The molecule has 1 aliphatic rings. The molecule has 0 unspecified atom stereocenters. The Morgan fingerprint density at radius 3 is 2.64 bits per heavy atom. The second kappa shape index (κ2) is 11.3. The quantitative estimate of drug-likeness (QED) is 0.225. The van der Waals surface area contributed by atoms with Gasteiger partial charge in [-0.3, -0.25) is 9.78 Å². The number of pyridine rings is 1. The van der Waals surface area contributed by atoms with Crippen LogP contribution in [-0.2, 0) is 4.79 Å². The molecular formula is C29H25ClN4O4S. The highest BCUT2D eigenvalue weighted by Gasteiger charge is 2.41. The highest BCUT2D eigenvalue weighted by molar-refractivity contribution is 7.80. The Kier molecular flexibility index (Phi) is 7.63. The molecule has 8 nitrogen and oxygen atoms in total. The molecule has 1 amide bonds. The van der Waals surface area contributed by atoms with Crippen molar-refractivity contribution in [1.82, 2.24) is 15.2 Å². The largest absolute Gasteiger partial charge is 0.478 e. The van der Waals surface area contributed by atoms with E-state index in [1.54, 1.807) is 12.3 Å². The summed E-state index contributed by atoms with van der Waals surface area (Å²) < 4.78 is 6.27. The van der Waals surface area contributed by atoms with E-state index >= 15 is 0 Å². The van der Waals surface area contributed by atoms with E-state index in [4.69, 9.17) is 28.2 Å². The molecule has 0 bridgehead atoms. The Hall–Kier alpha value is -4.21. The highest BCUT2D eigenvalue weighted by Crippen LogP contribution is 2.41. The molecule has 10 heteroatoms. The summed E-state index contributed by atoms with van der Waals surface area (Å²) in [5.41, 5.74) is 3.17. The van der Waals surface area contributed by atoms with Gasteiger partial charge in [-0.05, 0) is 73.7 Å². The minimum absolute atomic E-state index is 0.101. The molecule has 4 aromatic rings. The van der Waals surface area contributed by atoms with E-state index in [0.717, 1.165) is 16.9 Å². The first-order chi connectivity index (χ1) is 18.8. The number of hydrogen-bond donors (Lipinski definition) is 3. The van der Waals surface area contributed by atoms with Gasteiger partial charge in [0, 0.05) is 30.4 Å². The summed E-state index contributed by atoms with van der Waals surface area (Å²) in [4.78, 5) is 30.7. The Morgan fingerprint density at radius 2 is 1.92 bits per heavy atom. The zero-order valence-corrected chi connectivity index (χ0v) is 22.5. The fourth-order valence-corrected chi connectivity index (χ4v) is 5.08. The first-order valence-electron chi connectivity index (χ1n) is 12.3. The summed E-state index contributed by atoms with van der Waals surface area (Å²) in [6, 6.07) is 20.5. The molecule has 2 aromatic carbocycles. The van der Waals surface area contributed by atoms with Gasteiger partial charge in [0.25, 0.3) is 0 Å². The van der Waals surface area contributed by atoms with Gasteiger partial charge < -0.3 is 25.1 Å². The van der Waals surface area contributed by atoms with Gasteiger partial charge in [-0.2, -0.15) is 0 Å². The number of carbonyl (C=O) groups is 2. The van der Waals surface area contributed by atoms with Gasteiger partial charge in [-0.1, -0.05) is 35.4 Å². The van der Waals surface area contributed by atoms with E-state index in [1.807, 2.05) is 60.4 Å². The van der Waals surface area contributed by atoms with Gasteiger partial charge in [0.15, 0.2) is 5.11 Å². The van der Waals surface area contributed by atoms with Crippen LogP contribution in [0.4, 0.5) is 5.69 Å². The molecule has 2 atom stereocenters. The van der Waals surface area contributed by atoms with Crippen LogP contribution in [0.1, 0.15) is 45.9 Å². The van der Waals surface area contributed by atoms with Crippen LogP contribution in [0.15, 0.2) is 83.4 Å². The second-order valence-electron chi connectivity index (χ2n) is 9.19. The molecule has 0 aliphatic carbocycles. The molecule has 198 valence electrons. The SMILES string of the molecule is Cc1ccc(NC(=O)CCN2C(=S)N[C@@H](c3ccccn3)[C@H]2c2ccc(-c3cc(C(=O)O)ccc3Cl)o2)cc1. The topological polar surface area (TPSA) is 108 Å². The fourth-order valence-electron chi connectivity index (χ4n) is 4.54. The van der Waals surface area contributed by atoms with E-state index in [2.05, 4.69) is 15.6 Å². The molecule has 0 spiro atoms. The Labute approximate surface area is 235 Å². The number of nitrogens with one attached hydrogen (secondary N) is 2. The maximum Gasteiger partial charge on any atom is 0.335 e. The fraction of sp³-hybridized carbons (Fsp3) is 0.172. The molecule has 39 heavy (non-hydrogen) atoms. The van der Waals surface area contributed by atoms with Crippen molar-refractivity contribution in [2.24, 2.45) is 0 Å². The van der Waals surface area contributed by atoms with Gasteiger partial charge in [-0.25, -0.2) is 4.79 Å². The van der Waals surface area contributed by atoms with Gasteiger partial charge in [0.2, 0.25) is 5.91 Å². The normalized spacial score (nSPS) is 16.7. The van der Waals surface area contributed by atoms with Crippen LogP contribution in [0.25, 0.3) is 11.3 Å².